The van der Waals surface area contributed by atoms with Crippen molar-refractivity contribution in [2.75, 3.05) is 13.2 Å². The molecule has 0 aromatic carbocycles. The van der Waals surface area contributed by atoms with Crippen molar-refractivity contribution in [2.45, 2.75) is 353 Å². The highest BCUT2D eigenvalue weighted by molar-refractivity contribution is 5.74. The number of aliphatic carboxylic acids is 1. The molecular weight excluding hydrogens is 973 g/mol. The van der Waals surface area contributed by atoms with Gasteiger partial charge in [-0.05, 0) is 51.4 Å². The Morgan fingerprint density at radius 1 is 0.429 bits per heavy atom. The Morgan fingerprint density at radius 3 is 1.19 bits per heavy atom. The maximum Gasteiger partial charge on any atom is 0.335 e. The summed E-state index contributed by atoms with van der Waals surface area (Å²) in [6, 6.07) is 0. The van der Waals surface area contributed by atoms with Crippen LogP contribution in [0.5, 0.6) is 0 Å². The van der Waals surface area contributed by atoms with Crippen LogP contribution >= 0.6 is 0 Å². The Balaban J connectivity index is 2.64. The number of aliphatic hydroxyl groups excluding tert-OH is 2. The number of aliphatic hydroxyl groups is 2. The van der Waals surface area contributed by atoms with Gasteiger partial charge in [-0.1, -0.05) is 270 Å². The number of carbonyl (C=O) groups is 4. The van der Waals surface area contributed by atoms with Crippen LogP contribution in [0.3, 0.4) is 0 Å². The van der Waals surface area contributed by atoms with Crippen LogP contribution < -0.4 is 0 Å². The summed E-state index contributed by atoms with van der Waals surface area (Å²) in [5, 5.41) is 31.5. The quantitative estimate of drug-likeness (QED) is 0.0228. The minimum absolute atomic E-state index is 0.0655. The molecule has 0 spiro atoms. The van der Waals surface area contributed by atoms with Gasteiger partial charge in [-0.15, -0.1) is 0 Å². The lowest BCUT2D eigenvalue weighted by molar-refractivity contribution is -0.301. The first-order valence-corrected chi connectivity index (χ1v) is 32.3. The van der Waals surface area contributed by atoms with Gasteiger partial charge in [-0.2, -0.15) is 0 Å². The van der Waals surface area contributed by atoms with Gasteiger partial charge < -0.3 is 39.0 Å². The van der Waals surface area contributed by atoms with Crippen molar-refractivity contribution < 1.29 is 58.2 Å². The van der Waals surface area contributed by atoms with Crippen LogP contribution in [-0.4, -0.2) is 89.2 Å². The molecular formula is C65H118O12. The third-order valence-corrected chi connectivity index (χ3v) is 15.0. The van der Waals surface area contributed by atoms with Gasteiger partial charge >= 0.3 is 23.9 Å². The molecule has 0 aromatic heterocycles. The number of esters is 3. The van der Waals surface area contributed by atoms with Crippen LogP contribution in [0.1, 0.15) is 316 Å². The van der Waals surface area contributed by atoms with E-state index in [1.165, 1.54) is 167 Å². The summed E-state index contributed by atoms with van der Waals surface area (Å²) in [5.41, 5.74) is 0. The van der Waals surface area contributed by atoms with E-state index in [0.29, 0.717) is 19.3 Å². The predicted molar refractivity (Wildman–Crippen MR) is 313 cm³/mol. The second kappa shape index (κ2) is 53.8. The average molecular weight is 1090 g/mol. The second-order valence-corrected chi connectivity index (χ2v) is 22.4. The highest BCUT2D eigenvalue weighted by Crippen LogP contribution is 2.27. The van der Waals surface area contributed by atoms with Gasteiger partial charge in [0.2, 0.25) is 0 Å². The van der Waals surface area contributed by atoms with Crippen LogP contribution in [0.4, 0.5) is 0 Å². The molecule has 1 aliphatic heterocycles. The van der Waals surface area contributed by atoms with E-state index < -0.39 is 67.3 Å². The molecule has 0 saturated carbocycles. The van der Waals surface area contributed by atoms with E-state index in [1.807, 2.05) is 0 Å². The van der Waals surface area contributed by atoms with Crippen LogP contribution in [-0.2, 0) is 42.9 Å². The third-order valence-electron chi connectivity index (χ3n) is 15.0. The number of unbranched alkanes of at least 4 members (excludes halogenated alkanes) is 38. The zero-order chi connectivity index (χ0) is 56.1. The van der Waals surface area contributed by atoms with Crippen molar-refractivity contribution in [3.63, 3.8) is 0 Å². The third kappa shape index (κ3) is 43.7. The van der Waals surface area contributed by atoms with Gasteiger partial charge in [0.1, 0.15) is 18.8 Å². The largest absolute Gasteiger partial charge is 0.479 e. The summed E-state index contributed by atoms with van der Waals surface area (Å²) in [5.74, 6) is -3.10. The minimum atomic E-state index is -1.90. The number of carbonyl (C=O) groups excluding carboxylic acids is 3. The highest BCUT2D eigenvalue weighted by atomic mass is 16.7. The molecule has 3 N–H and O–H groups in total. The fourth-order valence-corrected chi connectivity index (χ4v) is 10.0. The van der Waals surface area contributed by atoms with Gasteiger partial charge in [0.05, 0.1) is 6.61 Å². The second-order valence-electron chi connectivity index (χ2n) is 22.4. The van der Waals surface area contributed by atoms with Crippen molar-refractivity contribution in [3.05, 3.63) is 24.3 Å². The van der Waals surface area contributed by atoms with Gasteiger partial charge in [0.15, 0.2) is 24.6 Å². The molecule has 1 aliphatic rings. The van der Waals surface area contributed by atoms with Crippen LogP contribution in [0, 0.1) is 0 Å². The fraction of sp³-hybridized carbons (Fsp3) is 0.877. The van der Waals surface area contributed by atoms with Crippen molar-refractivity contribution in [1.29, 1.82) is 0 Å². The molecule has 0 aromatic rings. The molecule has 6 atom stereocenters. The minimum Gasteiger partial charge on any atom is -0.479 e. The van der Waals surface area contributed by atoms with Crippen molar-refractivity contribution in [1.82, 2.24) is 0 Å². The summed E-state index contributed by atoms with van der Waals surface area (Å²) in [6.45, 7) is 6.00. The van der Waals surface area contributed by atoms with E-state index in [-0.39, 0.29) is 25.9 Å². The van der Waals surface area contributed by atoms with E-state index in [2.05, 4.69) is 45.1 Å². The van der Waals surface area contributed by atoms with E-state index in [0.717, 1.165) is 89.9 Å². The summed E-state index contributed by atoms with van der Waals surface area (Å²) in [4.78, 5) is 51.2. The Morgan fingerprint density at radius 2 is 0.779 bits per heavy atom. The molecule has 77 heavy (non-hydrogen) atoms. The number of hydrogen-bond acceptors (Lipinski definition) is 11. The maximum absolute atomic E-state index is 13.2. The Bertz CT molecular complexity index is 1430. The number of allylic oxidation sites excluding steroid dienone is 4. The van der Waals surface area contributed by atoms with Crippen molar-refractivity contribution in [2.24, 2.45) is 0 Å². The molecule has 1 saturated heterocycles. The van der Waals surface area contributed by atoms with Gasteiger partial charge in [-0.3, -0.25) is 14.4 Å². The predicted octanol–water partition coefficient (Wildman–Crippen LogP) is 17.0. The van der Waals surface area contributed by atoms with E-state index >= 15 is 0 Å². The molecule has 0 amide bonds. The molecule has 0 radical (unpaired) electrons. The molecule has 12 nitrogen and oxygen atoms in total. The molecule has 450 valence electrons. The first-order valence-electron chi connectivity index (χ1n) is 32.3. The molecule has 6 unspecified atom stereocenters. The zero-order valence-corrected chi connectivity index (χ0v) is 49.7. The first kappa shape index (κ1) is 72.2. The smallest absolute Gasteiger partial charge is 0.335 e. The lowest BCUT2D eigenvalue weighted by Crippen LogP contribution is -2.61. The SMILES string of the molecule is CCCCC/C=C\C/C=C\CCCCCCCC(=O)OC(COC(=O)CCCCCCCCCCCCCCCCCCCCC)COC1OC(C(=O)O)C(O)C(O)C1OC(=O)CCCCCCCCCCCCCCC. The van der Waals surface area contributed by atoms with Crippen molar-refractivity contribution >= 4 is 23.9 Å². The van der Waals surface area contributed by atoms with Gasteiger partial charge in [0.25, 0.3) is 0 Å². The topological polar surface area (TPSA) is 175 Å². The average Bonchev–Trinajstić information content (AvgIpc) is 3.41. The van der Waals surface area contributed by atoms with Gasteiger partial charge in [-0.25, -0.2) is 4.79 Å². The van der Waals surface area contributed by atoms with E-state index in [1.54, 1.807) is 0 Å². The molecule has 1 fully saturated rings. The molecule has 1 rings (SSSR count). The standard InChI is InChI=1S/C65H118O12/c1-4-7-10-13-16-19-22-25-27-28-29-30-32-34-36-39-42-45-48-51-57(66)73-54-56(75-58(67)52-49-46-43-40-38-35-31-26-23-20-17-14-11-8-5-2)55-74-65-63(61(70)60(69)62(77-65)64(71)72)76-59(68)53-50-47-44-41-37-33-24-21-18-15-12-9-6-3/h17,20,26,31,56,60-63,65,69-70H,4-16,18-19,21-25,27-30,32-55H2,1-3H3,(H,71,72)/b20-17-,31-26-. The number of ether oxygens (including phenoxy) is 5. The van der Waals surface area contributed by atoms with E-state index in [4.69, 9.17) is 23.7 Å². The normalized spacial score (nSPS) is 18.1. The van der Waals surface area contributed by atoms with Crippen LogP contribution in [0.15, 0.2) is 24.3 Å². The number of carboxylic acids is 1. The Hall–Kier alpha value is -2.80. The van der Waals surface area contributed by atoms with Crippen LogP contribution in [0.2, 0.25) is 0 Å². The Kier molecular flexibility index (Phi) is 50.5. The number of carboxylic acid groups (broad SMARTS) is 1. The molecule has 12 heteroatoms. The number of rotatable bonds is 56. The summed E-state index contributed by atoms with van der Waals surface area (Å²) < 4.78 is 28.5. The van der Waals surface area contributed by atoms with Crippen molar-refractivity contribution in [3.8, 4) is 0 Å². The first-order chi connectivity index (χ1) is 37.6. The summed E-state index contributed by atoms with van der Waals surface area (Å²) >= 11 is 0. The van der Waals surface area contributed by atoms with Gasteiger partial charge in [0, 0.05) is 19.3 Å². The molecule has 0 bridgehead atoms. The number of hydrogen-bond donors (Lipinski definition) is 3. The fourth-order valence-electron chi connectivity index (χ4n) is 10.0. The zero-order valence-electron chi connectivity index (χ0n) is 49.7. The maximum atomic E-state index is 13.2. The van der Waals surface area contributed by atoms with Crippen LogP contribution in [0.25, 0.3) is 0 Å². The summed E-state index contributed by atoms with van der Waals surface area (Å²) in [6.07, 6.45) is 50.0. The summed E-state index contributed by atoms with van der Waals surface area (Å²) in [7, 11) is 0. The molecule has 0 aliphatic carbocycles. The Labute approximate surface area is 470 Å². The lowest BCUT2D eigenvalue weighted by atomic mass is 9.98. The monoisotopic (exact) mass is 1090 g/mol. The molecule has 1 heterocycles. The van der Waals surface area contributed by atoms with E-state index in [9.17, 15) is 34.5 Å². The highest BCUT2D eigenvalue weighted by Gasteiger charge is 2.50. The lowest BCUT2D eigenvalue weighted by Gasteiger charge is -2.40.